The largest absolute Gasteiger partial charge is 0.462 e. The highest BCUT2D eigenvalue weighted by atomic mass is 35.5. The van der Waals surface area contributed by atoms with Gasteiger partial charge in [0.2, 0.25) is 0 Å². The molecule has 0 aromatic carbocycles. The molecule has 5 aliphatic rings. The van der Waals surface area contributed by atoms with Gasteiger partial charge in [-0.05, 0) is 61.5 Å². The summed E-state index contributed by atoms with van der Waals surface area (Å²) < 4.78 is 5.23. The molecule has 4 nitrogen and oxygen atoms in total. The van der Waals surface area contributed by atoms with Crippen LogP contribution in [-0.2, 0) is 14.3 Å². The number of alkyl halides is 2. The molecule has 7 unspecified atom stereocenters. The van der Waals surface area contributed by atoms with E-state index < -0.39 is 10.8 Å². The van der Waals surface area contributed by atoms with E-state index in [0.29, 0.717) is 35.5 Å². The van der Waals surface area contributed by atoms with Gasteiger partial charge in [0.25, 0.3) is 0 Å². The van der Waals surface area contributed by atoms with Gasteiger partial charge in [-0.2, -0.15) is 0 Å². The number of unbranched alkanes of at least 4 members (excludes halogenated alkanes) is 2. The molecule has 0 saturated heterocycles. The predicted molar refractivity (Wildman–Crippen MR) is 159 cm³/mol. The Morgan fingerprint density at radius 2 is 1.79 bits per heavy atom. The Hall–Kier alpha value is -1.46. The number of hydrogen-bond donors (Lipinski definition) is 1. The number of carbonyl (C=O) groups is 2. The summed E-state index contributed by atoms with van der Waals surface area (Å²) in [6.45, 7) is 7.94. The van der Waals surface area contributed by atoms with Crippen LogP contribution in [0, 0.1) is 29.6 Å². The summed E-state index contributed by atoms with van der Waals surface area (Å²) in [6, 6.07) is -0.156. The fourth-order valence-corrected chi connectivity index (χ4v) is 7.87. The van der Waals surface area contributed by atoms with Gasteiger partial charge >= 0.3 is 5.97 Å². The third-order valence-electron chi connectivity index (χ3n) is 8.77. The van der Waals surface area contributed by atoms with E-state index in [4.69, 9.17) is 51.1 Å². The molecule has 0 spiro atoms. The molecule has 39 heavy (non-hydrogen) atoms. The second-order valence-electron chi connectivity index (χ2n) is 11.5. The molecule has 0 aromatic rings. The molecule has 0 radical (unpaired) electrons. The SMILES string of the molecule is C=C(C)C(=O)OCCCCCC1C2=C(C=CC1C)C=CC(C1C(=O)C3=C(C(Cl)C(Cl)C(Cl)=C3Cl)C1C1CC1)N2. The van der Waals surface area contributed by atoms with Crippen LogP contribution in [0.2, 0.25) is 0 Å². The first-order valence-corrected chi connectivity index (χ1v) is 15.6. The number of ether oxygens (including phenoxy) is 1. The second-order valence-corrected chi connectivity index (χ2v) is 13.3. The lowest BCUT2D eigenvalue weighted by Gasteiger charge is -2.38. The van der Waals surface area contributed by atoms with Crippen LogP contribution in [0.25, 0.3) is 0 Å². The number of nitrogens with one attached hydrogen (secondary N) is 1. The molecule has 1 heterocycles. The summed E-state index contributed by atoms with van der Waals surface area (Å²) >= 11 is 26.5. The highest BCUT2D eigenvalue weighted by molar-refractivity contribution is 6.49. The molecule has 0 amide bonds. The lowest BCUT2D eigenvalue weighted by Crippen LogP contribution is -2.45. The van der Waals surface area contributed by atoms with Gasteiger partial charge in [0, 0.05) is 22.8 Å². The van der Waals surface area contributed by atoms with Crippen molar-refractivity contribution in [2.45, 2.75) is 69.2 Å². The van der Waals surface area contributed by atoms with Crippen LogP contribution in [0.3, 0.4) is 0 Å². The quantitative estimate of drug-likeness (QED) is 0.126. The normalized spacial score (nSPS) is 33.8. The van der Waals surface area contributed by atoms with Crippen molar-refractivity contribution in [2.75, 3.05) is 6.61 Å². The fraction of sp³-hybridized carbons (Fsp3) is 0.548. The first-order chi connectivity index (χ1) is 18.6. The lowest BCUT2D eigenvalue weighted by atomic mass is 9.75. The van der Waals surface area contributed by atoms with Gasteiger partial charge in [-0.3, -0.25) is 4.79 Å². The average Bonchev–Trinajstić information content (AvgIpc) is 3.71. The van der Waals surface area contributed by atoms with E-state index in [1.165, 1.54) is 11.3 Å². The van der Waals surface area contributed by atoms with E-state index in [1.807, 2.05) is 0 Å². The Balaban J connectivity index is 1.29. The van der Waals surface area contributed by atoms with Crippen molar-refractivity contribution in [1.82, 2.24) is 5.32 Å². The molecule has 1 saturated carbocycles. The van der Waals surface area contributed by atoms with Crippen molar-refractivity contribution < 1.29 is 14.3 Å². The number of allylic oxidation sites excluding steroid dienone is 9. The van der Waals surface area contributed by atoms with Crippen molar-refractivity contribution in [3.63, 3.8) is 0 Å². The number of halogens is 4. The maximum absolute atomic E-state index is 14.0. The van der Waals surface area contributed by atoms with E-state index in [9.17, 15) is 9.59 Å². The zero-order chi connectivity index (χ0) is 28.0. The highest BCUT2D eigenvalue weighted by Gasteiger charge is 2.56. The molecule has 210 valence electrons. The van der Waals surface area contributed by atoms with Crippen molar-refractivity contribution in [2.24, 2.45) is 29.6 Å². The molecular weight excluding hydrogens is 576 g/mol. The number of hydrogen-bond acceptors (Lipinski definition) is 4. The van der Waals surface area contributed by atoms with Gasteiger partial charge in [-0.1, -0.05) is 73.9 Å². The molecular formula is C31H35Cl4NO3. The Bertz CT molecular complexity index is 1220. The number of rotatable bonds is 9. The van der Waals surface area contributed by atoms with Gasteiger partial charge in [0.1, 0.15) is 0 Å². The number of dihydropyridines is 1. The van der Waals surface area contributed by atoms with Crippen LogP contribution < -0.4 is 5.32 Å². The zero-order valence-electron chi connectivity index (χ0n) is 22.3. The van der Waals surface area contributed by atoms with E-state index in [2.05, 4.69) is 43.1 Å². The topological polar surface area (TPSA) is 55.4 Å². The Morgan fingerprint density at radius 3 is 2.49 bits per heavy atom. The van der Waals surface area contributed by atoms with Crippen LogP contribution >= 0.6 is 46.4 Å². The first-order valence-electron chi connectivity index (χ1n) is 13.9. The average molecular weight is 611 g/mol. The van der Waals surface area contributed by atoms with Crippen molar-refractivity contribution in [3.05, 3.63) is 68.9 Å². The minimum atomic E-state index is -0.630. The number of Topliss-reactive ketones (excluding diaryl/α,β-unsaturated/α-hetero) is 1. The van der Waals surface area contributed by atoms with Gasteiger partial charge in [0.15, 0.2) is 5.78 Å². The molecule has 8 heteroatoms. The molecule has 0 bridgehead atoms. The van der Waals surface area contributed by atoms with Crippen molar-refractivity contribution >= 4 is 58.2 Å². The fourth-order valence-electron chi connectivity index (χ4n) is 6.58. The highest BCUT2D eigenvalue weighted by Crippen LogP contribution is 2.57. The van der Waals surface area contributed by atoms with Crippen LogP contribution in [0.15, 0.2) is 68.9 Å². The monoisotopic (exact) mass is 609 g/mol. The maximum Gasteiger partial charge on any atom is 0.333 e. The number of ketones is 1. The van der Waals surface area contributed by atoms with Crippen molar-refractivity contribution in [1.29, 1.82) is 0 Å². The number of carbonyl (C=O) groups excluding carboxylic acids is 2. The van der Waals surface area contributed by atoms with Gasteiger partial charge in [-0.25, -0.2) is 4.79 Å². The minimum absolute atomic E-state index is 0.0102. The number of esters is 1. The molecule has 5 rings (SSSR count). The van der Waals surface area contributed by atoms with Crippen LogP contribution in [-0.4, -0.2) is 35.2 Å². The Morgan fingerprint density at radius 1 is 1.08 bits per heavy atom. The Kier molecular flexibility index (Phi) is 8.79. The van der Waals surface area contributed by atoms with E-state index in [0.717, 1.165) is 44.1 Å². The molecule has 7 atom stereocenters. The summed E-state index contributed by atoms with van der Waals surface area (Å²) in [7, 11) is 0. The predicted octanol–water partition coefficient (Wildman–Crippen LogP) is 7.71. The second kappa shape index (κ2) is 11.8. The summed E-state index contributed by atoms with van der Waals surface area (Å²) in [4.78, 5) is 25.6. The molecule has 0 aromatic heterocycles. The van der Waals surface area contributed by atoms with Crippen LogP contribution in [0.5, 0.6) is 0 Å². The van der Waals surface area contributed by atoms with E-state index >= 15 is 0 Å². The Labute approximate surface area is 251 Å². The molecule has 4 aliphatic carbocycles. The van der Waals surface area contributed by atoms with Gasteiger partial charge in [0.05, 0.1) is 39.4 Å². The smallest absolute Gasteiger partial charge is 0.333 e. The summed E-state index contributed by atoms with van der Waals surface area (Å²) in [6.07, 6.45) is 14.7. The minimum Gasteiger partial charge on any atom is -0.462 e. The molecule has 1 N–H and O–H groups in total. The van der Waals surface area contributed by atoms with Crippen LogP contribution in [0.1, 0.15) is 52.4 Å². The standard InChI is InChI=1S/C31H35Cl4NO3/c1-15(2)31(38)39-14-6-4-5-7-19-16(3)8-9-18-12-13-20(36-29(18)19)22-21(17-10-11-17)23-24(30(22)37)26(33)28(35)27(34)25(23)32/h8-9,12-13,16-17,19-22,25,27,36H,1,4-7,10-11,14H2,2-3H3. The summed E-state index contributed by atoms with van der Waals surface area (Å²) in [5.41, 5.74) is 4.19. The first kappa shape index (κ1) is 29.0. The van der Waals surface area contributed by atoms with Gasteiger partial charge in [-0.15, -0.1) is 23.2 Å². The third kappa shape index (κ3) is 5.56. The lowest BCUT2D eigenvalue weighted by molar-refractivity contribution is -0.139. The molecule has 1 aliphatic heterocycles. The van der Waals surface area contributed by atoms with E-state index in [-0.39, 0.29) is 39.7 Å². The van der Waals surface area contributed by atoms with E-state index in [1.54, 1.807) is 6.92 Å². The third-order valence-corrected chi connectivity index (χ3v) is 10.9. The summed E-state index contributed by atoms with van der Waals surface area (Å²) in [5.74, 6) is 0.502. The zero-order valence-corrected chi connectivity index (χ0v) is 25.3. The molecule has 1 fully saturated rings. The van der Waals surface area contributed by atoms with Crippen LogP contribution in [0.4, 0.5) is 0 Å². The van der Waals surface area contributed by atoms with Crippen molar-refractivity contribution in [3.8, 4) is 0 Å². The van der Waals surface area contributed by atoms with Gasteiger partial charge < -0.3 is 10.1 Å². The summed E-state index contributed by atoms with van der Waals surface area (Å²) in [5, 5.41) is 3.16. The maximum atomic E-state index is 14.0.